The first-order chi connectivity index (χ1) is 11.8. The van der Waals surface area contributed by atoms with E-state index in [0.717, 1.165) is 25.7 Å². The van der Waals surface area contributed by atoms with E-state index in [0.29, 0.717) is 32.4 Å². The second-order valence-corrected chi connectivity index (χ2v) is 8.22. The molecule has 7 nitrogen and oxygen atoms in total. The number of nitrogens with zero attached hydrogens (tertiary/aromatic N) is 1. The molecule has 8 heteroatoms. The quantitative estimate of drug-likeness (QED) is 0.510. The van der Waals surface area contributed by atoms with Crippen molar-refractivity contribution in [1.29, 1.82) is 0 Å². The highest BCUT2D eigenvalue weighted by atomic mass is 16.4. The van der Waals surface area contributed by atoms with Crippen molar-refractivity contribution in [3.63, 3.8) is 0 Å². The van der Waals surface area contributed by atoms with E-state index in [1.807, 2.05) is 4.90 Å². The molecule has 3 fully saturated rings. The van der Waals surface area contributed by atoms with E-state index in [9.17, 15) is 14.7 Å². The topological polar surface area (TPSA) is 124 Å². The maximum atomic E-state index is 12.7. The Kier molecular flexibility index (Phi) is 5.41. The average molecular weight is 352 g/mol. The molecule has 0 aromatic carbocycles. The zero-order valence-corrected chi connectivity index (χ0v) is 14.6. The Labute approximate surface area is 148 Å². The van der Waals surface area contributed by atoms with Crippen molar-refractivity contribution in [1.82, 2.24) is 4.90 Å². The van der Waals surface area contributed by atoms with Gasteiger partial charge in [0, 0.05) is 19.0 Å². The molecule has 4 atom stereocenters. The van der Waals surface area contributed by atoms with Crippen molar-refractivity contribution < 1.29 is 24.7 Å². The predicted octanol–water partition coefficient (Wildman–Crippen LogP) is 0.306. The minimum atomic E-state index is -1.38. The van der Waals surface area contributed by atoms with E-state index in [1.54, 1.807) is 0 Å². The number of carbonyl (C=O) groups is 2. The molecule has 0 unspecified atom stereocenters. The number of carboxylic acid groups (broad SMARTS) is 1. The second-order valence-electron chi connectivity index (χ2n) is 8.22. The molecule has 1 aliphatic heterocycles. The molecule has 0 aromatic heterocycles. The largest absolute Gasteiger partial charge is 0.480 e. The Balaban J connectivity index is 1.68. The summed E-state index contributed by atoms with van der Waals surface area (Å²) >= 11 is 0. The van der Waals surface area contributed by atoms with E-state index in [-0.39, 0.29) is 35.9 Å². The van der Waals surface area contributed by atoms with Crippen LogP contribution >= 0.6 is 0 Å². The SMILES string of the molecule is N[C@]1(C(=O)O)C[C@H]2CN(C(=O)C3CCCC3)C[C@H]2[C@H]1CCCB(O)O. The summed E-state index contributed by atoms with van der Waals surface area (Å²) in [5.74, 6) is -0.601. The summed E-state index contributed by atoms with van der Waals surface area (Å²) in [4.78, 5) is 26.4. The fourth-order valence-corrected chi connectivity index (χ4v) is 5.38. The van der Waals surface area contributed by atoms with Gasteiger partial charge in [0.2, 0.25) is 5.91 Å². The Morgan fingerprint density at radius 3 is 2.48 bits per heavy atom. The Morgan fingerprint density at radius 1 is 1.20 bits per heavy atom. The summed E-state index contributed by atoms with van der Waals surface area (Å²) in [5.41, 5.74) is 5.00. The second kappa shape index (κ2) is 7.25. The van der Waals surface area contributed by atoms with Gasteiger partial charge >= 0.3 is 13.1 Å². The lowest BCUT2D eigenvalue weighted by Crippen LogP contribution is -2.53. The van der Waals surface area contributed by atoms with E-state index < -0.39 is 18.6 Å². The number of aliphatic carboxylic acids is 1. The van der Waals surface area contributed by atoms with Gasteiger partial charge in [-0.3, -0.25) is 9.59 Å². The van der Waals surface area contributed by atoms with Gasteiger partial charge in [-0.05, 0) is 49.8 Å². The van der Waals surface area contributed by atoms with Crippen molar-refractivity contribution in [2.24, 2.45) is 29.4 Å². The van der Waals surface area contributed by atoms with E-state index in [2.05, 4.69) is 0 Å². The Hall–Kier alpha value is -1.12. The zero-order valence-electron chi connectivity index (χ0n) is 14.6. The predicted molar refractivity (Wildman–Crippen MR) is 92.4 cm³/mol. The number of nitrogens with two attached hydrogens (primary N) is 1. The normalized spacial score (nSPS) is 35.2. The van der Waals surface area contributed by atoms with Gasteiger partial charge < -0.3 is 25.8 Å². The molecule has 25 heavy (non-hydrogen) atoms. The first kappa shape index (κ1) is 18.7. The molecular formula is C17H29BN2O5. The molecule has 1 saturated heterocycles. The van der Waals surface area contributed by atoms with Crippen LogP contribution in [0.15, 0.2) is 0 Å². The van der Waals surface area contributed by atoms with E-state index >= 15 is 0 Å². The van der Waals surface area contributed by atoms with Crippen molar-refractivity contribution in [2.75, 3.05) is 13.1 Å². The number of carbonyl (C=O) groups excluding carboxylic acids is 1. The number of likely N-dealkylation sites (tertiary alicyclic amines) is 1. The maximum absolute atomic E-state index is 12.7. The molecule has 2 aliphatic carbocycles. The van der Waals surface area contributed by atoms with Crippen LogP contribution in [0.1, 0.15) is 44.9 Å². The van der Waals surface area contributed by atoms with Crippen LogP contribution in [-0.4, -0.2) is 57.7 Å². The monoisotopic (exact) mass is 352 g/mol. The highest BCUT2D eigenvalue weighted by molar-refractivity contribution is 6.40. The van der Waals surface area contributed by atoms with Crippen LogP contribution in [0.2, 0.25) is 6.32 Å². The molecule has 140 valence electrons. The third kappa shape index (κ3) is 3.57. The number of hydrogen-bond donors (Lipinski definition) is 4. The van der Waals surface area contributed by atoms with Crippen LogP contribution in [0.25, 0.3) is 0 Å². The molecule has 0 spiro atoms. The van der Waals surface area contributed by atoms with Crippen molar-refractivity contribution in [2.45, 2.75) is 56.8 Å². The molecule has 1 heterocycles. The first-order valence-corrected chi connectivity index (χ1v) is 9.50. The lowest BCUT2D eigenvalue weighted by molar-refractivity contribution is -0.145. The summed E-state index contributed by atoms with van der Waals surface area (Å²) in [6.45, 7) is 1.21. The lowest BCUT2D eigenvalue weighted by Gasteiger charge is -2.32. The summed E-state index contributed by atoms with van der Waals surface area (Å²) in [5, 5.41) is 27.7. The van der Waals surface area contributed by atoms with Crippen LogP contribution in [0.4, 0.5) is 0 Å². The Bertz CT molecular complexity index is 525. The van der Waals surface area contributed by atoms with Crippen molar-refractivity contribution in [3.8, 4) is 0 Å². The number of fused-ring (bicyclic) bond motifs is 1. The average Bonchev–Trinajstić information content (AvgIpc) is 3.24. The zero-order chi connectivity index (χ0) is 18.2. The van der Waals surface area contributed by atoms with Crippen LogP contribution in [0, 0.1) is 23.7 Å². The molecular weight excluding hydrogens is 323 g/mol. The third-order valence-electron chi connectivity index (χ3n) is 6.66. The smallest absolute Gasteiger partial charge is 0.451 e. The maximum Gasteiger partial charge on any atom is 0.451 e. The van der Waals surface area contributed by atoms with Crippen LogP contribution in [-0.2, 0) is 9.59 Å². The minimum Gasteiger partial charge on any atom is -0.480 e. The first-order valence-electron chi connectivity index (χ1n) is 9.50. The lowest BCUT2D eigenvalue weighted by atomic mass is 9.76. The Morgan fingerprint density at radius 2 is 1.88 bits per heavy atom. The molecule has 3 aliphatic rings. The number of hydrogen-bond acceptors (Lipinski definition) is 5. The van der Waals surface area contributed by atoms with Crippen molar-refractivity contribution in [3.05, 3.63) is 0 Å². The van der Waals surface area contributed by atoms with E-state index in [1.165, 1.54) is 0 Å². The molecule has 1 amide bonds. The van der Waals surface area contributed by atoms with Gasteiger partial charge in [0.25, 0.3) is 0 Å². The molecule has 0 radical (unpaired) electrons. The minimum absolute atomic E-state index is 0.0993. The van der Waals surface area contributed by atoms with Gasteiger partial charge in [-0.15, -0.1) is 0 Å². The van der Waals surface area contributed by atoms with Crippen molar-refractivity contribution >= 4 is 19.0 Å². The van der Waals surface area contributed by atoms with Crippen LogP contribution in [0.3, 0.4) is 0 Å². The van der Waals surface area contributed by atoms with Gasteiger partial charge in [0.05, 0.1) is 0 Å². The summed E-state index contributed by atoms with van der Waals surface area (Å²) in [7, 11) is -1.38. The van der Waals surface area contributed by atoms with Gasteiger partial charge in [0.1, 0.15) is 5.54 Å². The highest BCUT2D eigenvalue weighted by Crippen LogP contribution is 2.49. The fraction of sp³-hybridized carbons (Fsp3) is 0.882. The van der Waals surface area contributed by atoms with Gasteiger partial charge in [-0.2, -0.15) is 0 Å². The fourth-order valence-electron chi connectivity index (χ4n) is 5.38. The van der Waals surface area contributed by atoms with E-state index in [4.69, 9.17) is 15.8 Å². The standard InChI is InChI=1S/C17H29BN2O5/c19-17(16(22)23)8-12-9-20(15(21)11-4-1-2-5-11)10-13(12)14(17)6-3-7-18(24)25/h11-14,24-25H,1-10,19H2,(H,22,23)/t12-,13+,14+,17+/m0/s1. The summed E-state index contributed by atoms with van der Waals surface area (Å²) < 4.78 is 0. The van der Waals surface area contributed by atoms with Gasteiger partial charge in [0.15, 0.2) is 0 Å². The number of carboxylic acids is 1. The van der Waals surface area contributed by atoms with Crippen LogP contribution < -0.4 is 5.73 Å². The highest BCUT2D eigenvalue weighted by Gasteiger charge is 2.58. The third-order valence-corrected chi connectivity index (χ3v) is 6.66. The molecule has 5 N–H and O–H groups in total. The van der Waals surface area contributed by atoms with Gasteiger partial charge in [-0.1, -0.05) is 19.3 Å². The summed E-state index contributed by atoms with van der Waals surface area (Å²) in [6, 6.07) is 0. The van der Waals surface area contributed by atoms with Crippen LogP contribution in [0.5, 0.6) is 0 Å². The molecule has 0 bridgehead atoms. The molecule has 2 saturated carbocycles. The molecule has 3 rings (SSSR count). The summed E-state index contributed by atoms with van der Waals surface area (Å²) in [6.07, 6.45) is 5.86. The number of rotatable bonds is 6. The molecule has 0 aromatic rings. The number of amides is 1. The van der Waals surface area contributed by atoms with Gasteiger partial charge in [-0.25, -0.2) is 0 Å².